The average molecular weight is 396 g/mol. The smallest absolute Gasteiger partial charge is 0.237 e. The first-order chi connectivity index (χ1) is 13.5. The third-order valence-electron chi connectivity index (χ3n) is 4.44. The van der Waals surface area contributed by atoms with E-state index in [9.17, 15) is 4.79 Å². The van der Waals surface area contributed by atoms with Gasteiger partial charge >= 0.3 is 0 Å². The minimum absolute atomic E-state index is 0.0483. The molecule has 0 fully saturated rings. The van der Waals surface area contributed by atoms with Crippen LogP contribution in [-0.4, -0.2) is 30.9 Å². The van der Waals surface area contributed by atoms with Gasteiger partial charge in [0.15, 0.2) is 11.0 Å². The second-order valence-corrected chi connectivity index (χ2v) is 8.00. The summed E-state index contributed by atoms with van der Waals surface area (Å²) in [5.41, 5.74) is 3.77. The molecule has 28 heavy (non-hydrogen) atoms. The first-order valence-electron chi connectivity index (χ1n) is 9.39. The highest BCUT2D eigenvalue weighted by Gasteiger charge is 2.21. The lowest BCUT2D eigenvalue weighted by atomic mass is 10.1. The number of hydrogen-bond acceptors (Lipinski definition) is 5. The molecule has 0 aliphatic heterocycles. The fourth-order valence-electron chi connectivity index (χ4n) is 2.93. The lowest BCUT2D eigenvalue weighted by Gasteiger charge is -2.15. The minimum atomic E-state index is -0.310. The number of carbonyl (C=O) groups excluding carboxylic acids is 1. The van der Waals surface area contributed by atoms with Crippen LogP contribution in [-0.2, 0) is 11.3 Å². The van der Waals surface area contributed by atoms with Crippen LogP contribution < -0.4 is 5.32 Å². The number of carbonyl (C=O) groups is 1. The highest BCUT2D eigenvalue weighted by atomic mass is 32.2. The number of anilines is 1. The van der Waals surface area contributed by atoms with Crippen LogP contribution in [0.2, 0.25) is 0 Å². The minimum Gasteiger partial charge on any atom is -0.325 e. The number of aromatic nitrogens is 4. The fraction of sp³-hybridized carbons (Fsp3) is 0.333. The van der Waals surface area contributed by atoms with Crippen LogP contribution in [0.4, 0.5) is 5.69 Å². The van der Waals surface area contributed by atoms with E-state index in [0.29, 0.717) is 0 Å². The van der Waals surface area contributed by atoms with Crippen molar-refractivity contribution in [1.29, 1.82) is 0 Å². The highest BCUT2D eigenvalue weighted by Crippen LogP contribution is 2.28. The summed E-state index contributed by atoms with van der Waals surface area (Å²) >= 11 is 1.41. The summed E-state index contributed by atoms with van der Waals surface area (Å²) in [6.07, 6.45) is 2.68. The molecular formula is C21H25N5OS. The summed E-state index contributed by atoms with van der Waals surface area (Å²) in [6, 6.07) is 11.7. The molecule has 0 spiro atoms. The van der Waals surface area contributed by atoms with Gasteiger partial charge in [-0.25, -0.2) is 0 Å². The van der Waals surface area contributed by atoms with Crippen LogP contribution in [0.15, 0.2) is 47.8 Å². The van der Waals surface area contributed by atoms with Crippen molar-refractivity contribution in [2.45, 2.75) is 51.1 Å². The van der Waals surface area contributed by atoms with E-state index in [-0.39, 0.29) is 11.2 Å². The van der Waals surface area contributed by atoms with Gasteiger partial charge in [0.1, 0.15) is 5.69 Å². The zero-order valence-corrected chi connectivity index (χ0v) is 17.5. The fourth-order valence-corrected chi connectivity index (χ4v) is 3.81. The molecule has 0 unspecified atom stereocenters. The molecule has 0 saturated heterocycles. The van der Waals surface area contributed by atoms with Crippen LogP contribution in [0.1, 0.15) is 31.4 Å². The first-order valence-corrected chi connectivity index (χ1v) is 10.3. The average Bonchev–Trinajstić information content (AvgIpc) is 3.08. The van der Waals surface area contributed by atoms with Crippen molar-refractivity contribution in [3.8, 4) is 11.5 Å². The number of amides is 1. The Balaban J connectivity index is 1.79. The Morgan fingerprint density at radius 1 is 1.14 bits per heavy atom. The van der Waals surface area contributed by atoms with Crippen molar-refractivity contribution in [2.24, 2.45) is 0 Å². The van der Waals surface area contributed by atoms with Crippen molar-refractivity contribution in [1.82, 2.24) is 19.7 Å². The summed E-state index contributed by atoms with van der Waals surface area (Å²) in [5, 5.41) is 12.1. The van der Waals surface area contributed by atoms with E-state index in [2.05, 4.69) is 27.4 Å². The molecule has 2 heterocycles. The molecule has 1 amide bonds. The molecule has 0 aliphatic rings. The number of benzene rings is 1. The normalized spacial score (nSPS) is 12.0. The Bertz CT molecular complexity index is 934. The van der Waals surface area contributed by atoms with Gasteiger partial charge < -0.3 is 9.88 Å². The molecule has 3 rings (SSSR count). The molecule has 1 aromatic carbocycles. The van der Waals surface area contributed by atoms with Gasteiger partial charge in [-0.2, -0.15) is 0 Å². The van der Waals surface area contributed by atoms with E-state index in [4.69, 9.17) is 0 Å². The van der Waals surface area contributed by atoms with Gasteiger partial charge in [-0.05, 0) is 50.5 Å². The van der Waals surface area contributed by atoms with E-state index in [1.54, 1.807) is 6.20 Å². The van der Waals surface area contributed by atoms with Crippen molar-refractivity contribution in [2.75, 3.05) is 5.32 Å². The van der Waals surface area contributed by atoms with Gasteiger partial charge in [0.25, 0.3) is 0 Å². The Kier molecular flexibility index (Phi) is 6.46. The summed E-state index contributed by atoms with van der Waals surface area (Å²) in [4.78, 5) is 17.1. The summed E-state index contributed by atoms with van der Waals surface area (Å²) in [7, 11) is 0. The number of thioether (sulfide) groups is 1. The standard InChI is InChI=1S/C21H25N5OS/c1-5-13-26-19(17-11-6-7-12-22-17)24-25-21(26)28-16(4)20(27)23-18-14(2)9-8-10-15(18)3/h6-12,16H,5,13H2,1-4H3,(H,23,27)/t16-/m0/s1. The maximum Gasteiger partial charge on any atom is 0.237 e. The van der Waals surface area contributed by atoms with Crippen LogP contribution >= 0.6 is 11.8 Å². The number of para-hydroxylation sites is 1. The van der Waals surface area contributed by atoms with E-state index in [1.165, 1.54) is 11.8 Å². The van der Waals surface area contributed by atoms with Crippen molar-refractivity contribution in [3.05, 3.63) is 53.7 Å². The maximum absolute atomic E-state index is 12.8. The third kappa shape index (κ3) is 4.42. The molecule has 0 saturated carbocycles. The number of aryl methyl sites for hydroxylation is 2. The van der Waals surface area contributed by atoms with Crippen LogP contribution in [0.25, 0.3) is 11.5 Å². The van der Waals surface area contributed by atoms with Gasteiger partial charge in [0.05, 0.1) is 5.25 Å². The molecule has 0 aliphatic carbocycles. The van der Waals surface area contributed by atoms with Gasteiger partial charge in [-0.1, -0.05) is 43.0 Å². The number of nitrogens with one attached hydrogen (secondary N) is 1. The Morgan fingerprint density at radius 3 is 2.54 bits per heavy atom. The first kappa shape index (κ1) is 20.1. The second-order valence-electron chi connectivity index (χ2n) is 6.69. The molecule has 1 N–H and O–H groups in total. The highest BCUT2D eigenvalue weighted by molar-refractivity contribution is 8.00. The lowest BCUT2D eigenvalue weighted by molar-refractivity contribution is -0.115. The number of nitrogens with zero attached hydrogens (tertiary/aromatic N) is 4. The Labute approximate surface area is 169 Å². The second kappa shape index (κ2) is 9.01. The summed E-state index contributed by atoms with van der Waals surface area (Å²) < 4.78 is 2.04. The lowest BCUT2D eigenvalue weighted by Crippen LogP contribution is -2.24. The van der Waals surface area contributed by atoms with E-state index in [1.807, 2.05) is 61.7 Å². The van der Waals surface area contributed by atoms with Crippen molar-refractivity contribution < 1.29 is 4.79 Å². The van der Waals surface area contributed by atoms with Gasteiger partial charge in [0, 0.05) is 18.4 Å². The molecule has 146 valence electrons. The zero-order valence-electron chi connectivity index (χ0n) is 16.6. The van der Waals surface area contributed by atoms with E-state index >= 15 is 0 Å². The predicted molar refractivity (Wildman–Crippen MR) is 113 cm³/mol. The monoisotopic (exact) mass is 395 g/mol. The molecule has 0 radical (unpaired) electrons. The Hall–Kier alpha value is -2.67. The zero-order chi connectivity index (χ0) is 20.1. The van der Waals surface area contributed by atoms with Gasteiger partial charge in [-0.15, -0.1) is 10.2 Å². The van der Waals surface area contributed by atoms with Crippen LogP contribution in [0.3, 0.4) is 0 Å². The number of rotatable bonds is 7. The molecule has 1 atom stereocenters. The molecule has 6 nitrogen and oxygen atoms in total. The number of hydrogen-bond donors (Lipinski definition) is 1. The molecule has 7 heteroatoms. The predicted octanol–water partition coefficient (Wildman–Crippen LogP) is 4.49. The van der Waals surface area contributed by atoms with Crippen LogP contribution in [0, 0.1) is 13.8 Å². The largest absolute Gasteiger partial charge is 0.325 e. The summed E-state index contributed by atoms with van der Waals surface area (Å²) in [6.45, 7) is 8.76. The maximum atomic E-state index is 12.8. The molecule has 3 aromatic rings. The van der Waals surface area contributed by atoms with Crippen LogP contribution in [0.5, 0.6) is 0 Å². The number of pyridine rings is 1. The van der Waals surface area contributed by atoms with Gasteiger partial charge in [-0.3, -0.25) is 9.78 Å². The van der Waals surface area contributed by atoms with E-state index in [0.717, 1.165) is 46.5 Å². The topological polar surface area (TPSA) is 72.7 Å². The SMILES string of the molecule is CCCn1c(S[C@@H](C)C(=O)Nc2c(C)cccc2C)nnc1-c1ccccn1. The Morgan fingerprint density at radius 2 is 1.89 bits per heavy atom. The van der Waals surface area contributed by atoms with Gasteiger partial charge in [0.2, 0.25) is 5.91 Å². The molecule has 2 aromatic heterocycles. The molecular weight excluding hydrogens is 370 g/mol. The van der Waals surface area contributed by atoms with Crippen molar-refractivity contribution in [3.63, 3.8) is 0 Å². The molecule has 0 bridgehead atoms. The van der Waals surface area contributed by atoms with E-state index < -0.39 is 0 Å². The third-order valence-corrected chi connectivity index (χ3v) is 5.52. The summed E-state index contributed by atoms with van der Waals surface area (Å²) in [5.74, 6) is 0.681. The van der Waals surface area contributed by atoms with Crippen molar-refractivity contribution >= 4 is 23.4 Å². The quantitative estimate of drug-likeness (QED) is 0.597.